The van der Waals surface area contributed by atoms with E-state index >= 15 is 0 Å². The highest BCUT2D eigenvalue weighted by molar-refractivity contribution is 5.74. The van der Waals surface area contributed by atoms with Gasteiger partial charge in [0.2, 0.25) is 5.95 Å². The van der Waals surface area contributed by atoms with Crippen LogP contribution in [-0.4, -0.2) is 17.1 Å². The molecule has 0 saturated carbocycles. The Morgan fingerprint density at radius 1 is 1.00 bits per heavy atom. The molecule has 3 aromatic rings. The van der Waals surface area contributed by atoms with Crippen molar-refractivity contribution in [1.82, 2.24) is 9.97 Å². The van der Waals surface area contributed by atoms with Gasteiger partial charge in [-0.3, -0.25) is 0 Å². The van der Waals surface area contributed by atoms with Crippen LogP contribution >= 0.6 is 0 Å². The molecule has 1 atom stereocenters. The number of benzene rings is 2. The zero-order valence-corrected chi connectivity index (χ0v) is 16.6. The molecule has 0 saturated heterocycles. The van der Waals surface area contributed by atoms with E-state index in [0.29, 0.717) is 17.1 Å². The number of hydrogen-bond acceptors (Lipinski definition) is 5. The van der Waals surface area contributed by atoms with E-state index in [4.69, 9.17) is 16.2 Å². The van der Waals surface area contributed by atoms with Crippen LogP contribution < -0.4 is 16.2 Å². The molecular weight excluding hydrogens is 348 g/mol. The maximum Gasteiger partial charge on any atom is 0.222 e. The van der Waals surface area contributed by atoms with Crippen molar-refractivity contribution in [1.29, 1.82) is 0 Å². The largest absolute Gasteiger partial charge is 0.496 e. The highest BCUT2D eigenvalue weighted by atomic mass is 16.5. The predicted octanol–water partition coefficient (Wildman–Crippen LogP) is 4.09. The zero-order chi connectivity index (χ0) is 20.3. The summed E-state index contributed by atoms with van der Waals surface area (Å²) < 4.78 is 5.66. The van der Waals surface area contributed by atoms with Crippen LogP contribution in [0.5, 0.6) is 5.75 Å². The number of hydrogen-bond donors (Lipinski definition) is 2. The predicted molar refractivity (Wildman–Crippen MR) is 114 cm³/mol. The number of rotatable bonds is 3. The summed E-state index contributed by atoms with van der Waals surface area (Å²) >= 11 is 0. The van der Waals surface area contributed by atoms with Crippen molar-refractivity contribution in [2.75, 3.05) is 18.6 Å². The Hall–Kier alpha value is -3.52. The van der Waals surface area contributed by atoms with Gasteiger partial charge in [0.1, 0.15) is 11.6 Å². The molecule has 5 nitrogen and oxygen atoms in total. The number of nitrogens with zero attached hydrogens (tertiary/aromatic N) is 2. The maximum absolute atomic E-state index is 5.94. The van der Waals surface area contributed by atoms with Crippen LogP contribution in [0, 0.1) is 25.7 Å². The molecule has 0 amide bonds. The van der Waals surface area contributed by atoms with Crippen molar-refractivity contribution in [3.8, 4) is 28.7 Å². The van der Waals surface area contributed by atoms with Gasteiger partial charge in [0.25, 0.3) is 0 Å². The Morgan fingerprint density at radius 2 is 1.75 bits per heavy atom. The van der Waals surface area contributed by atoms with Gasteiger partial charge in [-0.1, -0.05) is 48.2 Å². The summed E-state index contributed by atoms with van der Waals surface area (Å²) in [6.45, 7) is 5.96. The lowest BCUT2D eigenvalue weighted by molar-refractivity contribution is 0.416. The molecule has 0 bridgehead atoms. The quantitative estimate of drug-likeness (QED) is 0.676. The van der Waals surface area contributed by atoms with Crippen molar-refractivity contribution in [2.45, 2.75) is 26.7 Å². The van der Waals surface area contributed by atoms with Gasteiger partial charge < -0.3 is 16.2 Å². The molecule has 0 spiro atoms. The van der Waals surface area contributed by atoms with E-state index in [1.807, 2.05) is 32.0 Å². The minimum absolute atomic E-state index is 0.0174. The van der Waals surface area contributed by atoms with Gasteiger partial charge in [-0.2, -0.15) is 4.98 Å². The highest BCUT2D eigenvalue weighted by Gasteiger charge is 2.12. The topological polar surface area (TPSA) is 87.0 Å². The first kappa shape index (κ1) is 19.2. The van der Waals surface area contributed by atoms with Gasteiger partial charge in [0, 0.05) is 11.5 Å². The smallest absolute Gasteiger partial charge is 0.222 e. The van der Waals surface area contributed by atoms with Crippen molar-refractivity contribution in [2.24, 2.45) is 0 Å². The molecule has 0 fully saturated rings. The van der Waals surface area contributed by atoms with Crippen molar-refractivity contribution in [3.05, 3.63) is 64.8 Å². The maximum atomic E-state index is 5.94. The van der Waals surface area contributed by atoms with Crippen LogP contribution in [0.1, 0.15) is 35.2 Å². The molecular formula is C23H24N4O. The molecule has 2 aromatic carbocycles. The van der Waals surface area contributed by atoms with Crippen LogP contribution in [0.4, 0.5) is 11.8 Å². The van der Waals surface area contributed by atoms with E-state index < -0.39 is 0 Å². The second kappa shape index (κ2) is 8.01. The second-order valence-electron chi connectivity index (χ2n) is 6.69. The van der Waals surface area contributed by atoms with E-state index in [9.17, 15) is 0 Å². The minimum Gasteiger partial charge on any atom is -0.496 e. The monoisotopic (exact) mass is 372 g/mol. The number of nitrogen functional groups attached to an aromatic ring is 2. The van der Waals surface area contributed by atoms with E-state index in [1.54, 1.807) is 7.11 Å². The number of aromatic nitrogens is 2. The number of ether oxygens (including phenoxy) is 1. The van der Waals surface area contributed by atoms with Crippen LogP contribution in [0.2, 0.25) is 0 Å². The third kappa shape index (κ3) is 3.91. The van der Waals surface area contributed by atoms with E-state index in [2.05, 4.69) is 53.0 Å². The fourth-order valence-electron chi connectivity index (χ4n) is 3.11. The Morgan fingerprint density at radius 3 is 2.43 bits per heavy atom. The second-order valence-corrected chi connectivity index (χ2v) is 6.69. The minimum atomic E-state index is -0.0174. The fraction of sp³-hybridized carbons (Fsp3) is 0.217. The molecule has 28 heavy (non-hydrogen) atoms. The molecule has 5 heteroatoms. The third-order valence-electron chi connectivity index (χ3n) is 4.71. The van der Waals surface area contributed by atoms with Crippen molar-refractivity contribution >= 4 is 11.8 Å². The number of nitrogens with two attached hydrogens (primary N) is 2. The number of anilines is 2. The van der Waals surface area contributed by atoms with Crippen LogP contribution in [-0.2, 0) is 0 Å². The van der Waals surface area contributed by atoms with Gasteiger partial charge in [0.15, 0.2) is 0 Å². The number of methoxy groups -OCH3 is 1. The summed E-state index contributed by atoms with van der Waals surface area (Å²) in [5.41, 5.74) is 17.3. The summed E-state index contributed by atoms with van der Waals surface area (Å²) in [5.74, 6) is 7.60. The van der Waals surface area contributed by atoms with E-state index in [-0.39, 0.29) is 11.9 Å². The SMILES string of the molecule is COc1cc([C@@H](C)C#Cc2c(C)nc(N)nc2N)ccc1-c1ccccc1C. The van der Waals surface area contributed by atoms with E-state index in [0.717, 1.165) is 22.4 Å². The average molecular weight is 372 g/mol. The number of aryl methyl sites for hydroxylation is 2. The molecule has 1 heterocycles. The van der Waals surface area contributed by atoms with Crippen molar-refractivity contribution < 1.29 is 4.74 Å². The third-order valence-corrected chi connectivity index (χ3v) is 4.71. The fourth-order valence-corrected chi connectivity index (χ4v) is 3.11. The van der Waals surface area contributed by atoms with E-state index in [1.165, 1.54) is 5.56 Å². The molecule has 0 aliphatic carbocycles. The van der Waals surface area contributed by atoms with Gasteiger partial charge in [-0.15, -0.1) is 0 Å². The van der Waals surface area contributed by atoms with Gasteiger partial charge >= 0.3 is 0 Å². The Bertz CT molecular complexity index is 1060. The first-order valence-electron chi connectivity index (χ1n) is 9.05. The summed E-state index contributed by atoms with van der Waals surface area (Å²) in [7, 11) is 1.69. The lowest BCUT2D eigenvalue weighted by atomic mass is 9.94. The average Bonchev–Trinajstić information content (AvgIpc) is 2.67. The summed E-state index contributed by atoms with van der Waals surface area (Å²) in [5, 5.41) is 0. The lowest BCUT2D eigenvalue weighted by Crippen LogP contribution is -2.05. The zero-order valence-electron chi connectivity index (χ0n) is 16.6. The van der Waals surface area contributed by atoms with Crippen LogP contribution in [0.25, 0.3) is 11.1 Å². The standard InChI is InChI=1S/C23H24N4O/c1-14(9-11-19-16(3)26-23(25)27-22(19)24)17-10-12-20(21(13-17)28-4)18-8-6-5-7-15(18)2/h5-8,10,12-14H,1-4H3,(H4,24,25,26,27)/t14-/m0/s1. The molecule has 4 N–H and O–H groups in total. The molecule has 0 radical (unpaired) electrons. The van der Waals surface area contributed by atoms with Crippen LogP contribution in [0.15, 0.2) is 42.5 Å². The molecule has 142 valence electrons. The lowest BCUT2D eigenvalue weighted by Gasteiger charge is -2.14. The van der Waals surface area contributed by atoms with Crippen molar-refractivity contribution in [3.63, 3.8) is 0 Å². The Labute approximate surface area is 165 Å². The van der Waals surface area contributed by atoms with Crippen LogP contribution in [0.3, 0.4) is 0 Å². The van der Waals surface area contributed by atoms with Gasteiger partial charge in [-0.05, 0) is 43.5 Å². The normalized spacial score (nSPS) is 11.4. The summed E-state index contributed by atoms with van der Waals surface area (Å²) in [4.78, 5) is 8.12. The summed E-state index contributed by atoms with van der Waals surface area (Å²) in [6, 6.07) is 14.5. The molecule has 0 aliphatic rings. The molecule has 0 aliphatic heterocycles. The molecule has 1 aromatic heterocycles. The molecule has 0 unspecified atom stereocenters. The first-order valence-corrected chi connectivity index (χ1v) is 9.05. The van der Waals surface area contributed by atoms with Gasteiger partial charge in [0.05, 0.1) is 18.4 Å². The summed E-state index contributed by atoms with van der Waals surface area (Å²) in [6.07, 6.45) is 0. The Balaban J connectivity index is 1.95. The molecule has 3 rings (SSSR count). The Kier molecular flexibility index (Phi) is 5.51. The first-order chi connectivity index (χ1) is 13.4. The van der Waals surface area contributed by atoms with Gasteiger partial charge in [-0.25, -0.2) is 4.98 Å². The highest BCUT2D eigenvalue weighted by Crippen LogP contribution is 2.34.